The van der Waals surface area contributed by atoms with Crippen molar-refractivity contribution < 1.29 is 19.1 Å². The lowest BCUT2D eigenvalue weighted by Crippen LogP contribution is -2.54. The molecule has 1 N–H and O–H groups in total. The van der Waals surface area contributed by atoms with Gasteiger partial charge in [-0.3, -0.25) is 14.9 Å². The van der Waals surface area contributed by atoms with E-state index in [1.54, 1.807) is 30.3 Å². The quantitative estimate of drug-likeness (QED) is 0.171. The Hall–Kier alpha value is -4.68. The van der Waals surface area contributed by atoms with Crippen molar-refractivity contribution in [3.05, 3.63) is 125 Å². The Morgan fingerprint density at radius 1 is 0.895 bits per heavy atom. The smallest absolute Gasteiger partial charge is 0.335 e. The molecule has 0 aliphatic carbocycles. The first-order valence-corrected chi connectivity index (χ1v) is 12.3. The summed E-state index contributed by atoms with van der Waals surface area (Å²) in [4.78, 5) is 39.1. The van der Waals surface area contributed by atoms with Crippen molar-refractivity contribution in [2.75, 3.05) is 4.90 Å². The van der Waals surface area contributed by atoms with Crippen LogP contribution in [0.15, 0.2) is 103 Å². The molecule has 0 atom stereocenters. The molecule has 0 saturated carbocycles. The van der Waals surface area contributed by atoms with Gasteiger partial charge in [0.25, 0.3) is 11.8 Å². The van der Waals surface area contributed by atoms with Crippen LogP contribution in [0.2, 0.25) is 5.02 Å². The lowest BCUT2D eigenvalue weighted by molar-refractivity contribution is -0.122. The molecule has 0 spiro atoms. The van der Waals surface area contributed by atoms with Crippen LogP contribution in [-0.4, -0.2) is 17.8 Å². The molecule has 5 rings (SSSR count). The fourth-order valence-corrected chi connectivity index (χ4v) is 4.41. The van der Waals surface area contributed by atoms with E-state index in [1.165, 1.54) is 23.6 Å². The van der Waals surface area contributed by atoms with Crippen molar-refractivity contribution in [1.82, 2.24) is 5.32 Å². The summed E-state index contributed by atoms with van der Waals surface area (Å²) in [6, 6.07) is 25.1. The number of carbonyl (C=O) groups excluding carboxylic acids is 3. The SMILES string of the molecule is C=CCc1cc(/C=C2\C(=O)NC(=O)N(c3ccc(Cl)cc3)C2=O)ccc1OCc1ccc2ccccc2c1. The molecule has 1 aliphatic heterocycles. The first kappa shape index (κ1) is 25.0. The second-order valence-electron chi connectivity index (χ2n) is 8.76. The molecule has 1 fully saturated rings. The highest BCUT2D eigenvalue weighted by atomic mass is 35.5. The number of imide groups is 2. The zero-order valence-electron chi connectivity index (χ0n) is 20.3. The molecule has 0 radical (unpaired) electrons. The summed E-state index contributed by atoms with van der Waals surface area (Å²) in [5.74, 6) is -0.798. The highest BCUT2D eigenvalue weighted by Gasteiger charge is 2.36. The first-order chi connectivity index (χ1) is 18.4. The monoisotopic (exact) mass is 522 g/mol. The maximum atomic E-state index is 13.2. The van der Waals surface area contributed by atoms with Crippen molar-refractivity contribution >= 4 is 52.0 Å². The average Bonchev–Trinajstić information content (AvgIpc) is 2.91. The van der Waals surface area contributed by atoms with Gasteiger partial charge in [0.15, 0.2) is 0 Å². The maximum absolute atomic E-state index is 13.2. The number of benzene rings is 4. The van der Waals surface area contributed by atoms with E-state index in [4.69, 9.17) is 16.3 Å². The Labute approximate surface area is 224 Å². The number of rotatable bonds is 7. The van der Waals surface area contributed by atoms with E-state index < -0.39 is 17.8 Å². The first-order valence-electron chi connectivity index (χ1n) is 11.9. The van der Waals surface area contributed by atoms with Gasteiger partial charge in [-0.2, -0.15) is 0 Å². The standard InChI is InChI=1S/C31H23ClN2O4/c1-2-5-24-16-20(9-15-28(24)38-19-21-8-10-22-6-3-4-7-23(22)17-21)18-27-29(35)33-31(37)34(30(27)36)26-13-11-25(32)12-14-26/h2-4,6-18H,1,5,19H2,(H,33,35,37)/b27-18+. The van der Waals surface area contributed by atoms with Crippen LogP contribution in [0.4, 0.5) is 10.5 Å². The second-order valence-corrected chi connectivity index (χ2v) is 9.20. The minimum atomic E-state index is -0.816. The zero-order valence-corrected chi connectivity index (χ0v) is 21.1. The molecule has 0 unspecified atom stereocenters. The van der Waals surface area contributed by atoms with Gasteiger partial charge in [-0.25, -0.2) is 9.69 Å². The fourth-order valence-electron chi connectivity index (χ4n) is 4.28. The van der Waals surface area contributed by atoms with Crippen molar-refractivity contribution in [1.29, 1.82) is 0 Å². The number of nitrogens with one attached hydrogen (secondary N) is 1. The van der Waals surface area contributed by atoms with Gasteiger partial charge in [-0.05, 0) is 82.4 Å². The molecular formula is C31H23ClN2O4. The molecule has 7 heteroatoms. The Balaban J connectivity index is 1.40. The summed E-state index contributed by atoms with van der Waals surface area (Å²) in [5.41, 5.74) is 2.65. The van der Waals surface area contributed by atoms with Crippen LogP contribution in [0.1, 0.15) is 16.7 Å². The molecule has 1 aliphatic rings. The number of barbiturate groups is 1. The van der Waals surface area contributed by atoms with Gasteiger partial charge in [-0.15, -0.1) is 6.58 Å². The van der Waals surface area contributed by atoms with Gasteiger partial charge >= 0.3 is 6.03 Å². The third-order valence-electron chi connectivity index (χ3n) is 6.15. The summed E-state index contributed by atoms with van der Waals surface area (Å²) in [6.07, 6.45) is 3.75. The largest absolute Gasteiger partial charge is 0.489 e. The molecule has 0 bridgehead atoms. The predicted octanol–water partition coefficient (Wildman–Crippen LogP) is 6.47. The normalized spacial score (nSPS) is 14.6. The average molecular weight is 523 g/mol. The molecular weight excluding hydrogens is 500 g/mol. The van der Waals surface area contributed by atoms with E-state index in [0.717, 1.165) is 21.4 Å². The van der Waals surface area contributed by atoms with Gasteiger partial charge in [0, 0.05) is 5.02 Å². The van der Waals surface area contributed by atoms with E-state index in [0.29, 0.717) is 35.1 Å². The van der Waals surface area contributed by atoms with Crippen LogP contribution >= 0.6 is 11.6 Å². The number of anilines is 1. The Morgan fingerprint density at radius 3 is 2.42 bits per heavy atom. The van der Waals surface area contributed by atoms with Crippen molar-refractivity contribution in [3.63, 3.8) is 0 Å². The molecule has 188 valence electrons. The molecule has 4 aromatic rings. The van der Waals surface area contributed by atoms with Crippen LogP contribution in [-0.2, 0) is 22.6 Å². The third-order valence-corrected chi connectivity index (χ3v) is 6.41. The Kier molecular flexibility index (Phi) is 7.07. The van der Waals surface area contributed by atoms with Crippen molar-refractivity contribution in [2.45, 2.75) is 13.0 Å². The minimum absolute atomic E-state index is 0.158. The molecule has 38 heavy (non-hydrogen) atoms. The van der Waals surface area contributed by atoms with Crippen molar-refractivity contribution in [2.24, 2.45) is 0 Å². The molecule has 4 amide bonds. The van der Waals surface area contributed by atoms with Crippen LogP contribution in [0.5, 0.6) is 5.75 Å². The van der Waals surface area contributed by atoms with E-state index in [9.17, 15) is 14.4 Å². The lowest BCUT2D eigenvalue weighted by atomic mass is 10.0. The summed E-state index contributed by atoms with van der Waals surface area (Å²) >= 11 is 5.93. The lowest BCUT2D eigenvalue weighted by Gasteiger charge is -2.26. The number of hydrogen-bond donors (Lipinski definition) is 1. The molecule has 4 aromatic carbocycles. The molecule has 1 heterocycles. The summed E-state index contributed by atoms with van der Waals surface area (Å²) < 4.78 is 6.13. The summed E-state index contributed by atoms with van der Waals surface area (Å²) in [6.45, 7) is 4.22. The highest BCUT2D eigenvalue weighted by Crippen LogP contribution is 2.27. The Morgan fingerprint density at radius 2 is 1.66 bits per heavy atom. The van der Waals surface area contributed by atoms with Crippen LogP contribution in [0.3, 0.4) is 0 Å². The second kappa shape index (κ2) is 10.7. The summed E-state index contributed by atoms with van der Waals surface area (Å²) in [5, 5.41) is 5.00. The maximum Gasteiger partial charge on any atom is 0.335 e. The third kappa shape index (κ3) is 5.21. The van der Waals surface area contributed by atoms with Gasteiger partial charge < -0.3 is 4.74 Å². The van der Waals surface area contributed by atoms with Gasteiger partial charge in [0.1, 0.15) is 17.9 Å². The number of allylic oxidation sites excluding steroid dienone is 1. The van der Waals surface area contributed by atoms with Gasteiger partial charge in [0.2, 0.25) is 0 Å². The van der Waals surface area contributed by atoms with Gasteiger partial charge in [-0.1, -0.05) is 60.1 Å². The van der Waals surface area contributed by atoms with E-state index in [2.05, 4.69) is 36.2 Å². The topological polar surface area (TPSA) is 75.7 Å². The number of urea groups is 1. The Bertz CT molecular complexity index is 1610. The van der Waals surface area contributed by atoms with Gasteiger partial charge in [0.05, 0.1) is 5.69 Å². The fraction of sp³-hybridized carbons (Fsp3) is 0.0645. The number of hydrogen-bond acceptors (Lipinski definition) is 4. The van der Waals surface area contributed by atoms with E-state index in [-0.39, 0.29) is 5.57 Å². The number of fused-ring (bicyclic) bond motifs is 1. The molecule has 6 nitrogen and oxygen atoms in total. The van der Waals surface area contributed by atoms with Crippen molar-refractivity contribution in [3.8, 4) is 5.75 Å². The molecule has 0 aromatic heterocycles. The summed E-state index contributed by atoms with van der Waals surface area (Å²) in [7, 11) is 0. The van der Waals surface area contributed by atoms with E-state index >= 15 is 0 Å². The van der Waals surface area contributed by atoms with Crippen LogP contribution in [0, 0.1) is 0 Å². The predicted molar refractivity (Wildman–Crippen MR) is 149 cm³/mol. The number of amides is 4. The highest BCUT2D eigenvalue weighted by molar-refractivity contribution is 6.39. The minimum Gasteiger partial charge on any atom is -0.489 e. The number of carbonyl (C=O) groups is 3. The number of nitrogens with zero attached hydrogens (tertiary/aromatic N) is 1. The van der Waals surface area contributed by atoms with Crippen LogP contribution < -0.4 is 15.0 Å². The number of halogens is 1. The van der Waals surface area contributed by atoms with Crippen LogP contribution in [0.25, 0.3) is 16.8 Å². The molecule has 1 saturated heterocycles. The van der Waals surface area contributed by atoms with E-state index in [1.807, 2.05) is 24.3 Å². The zero-order chi connectivity index (χ0) is 26.6. The number of ether oxygens (including phenoxy) is 1.